The predicted octanol–water partition coefficient (Wildman–Crippen LogP) is 13.6. The van der Waals surface area contributed by atoms with Crippen molar-refractivity contribution in [1.29, 1.82) is 0 Å². The lowest BCUT2D eigenvalue weighted by Crippen LogP contribution is -2.55. The third-order valence-electron chi connectivity index (χ3n) is 12.8. The Kier molecular flexibility index (Phi) is 8.00. The molecule has 0 unspecified atom stereocenters. The Morgan fingerprint density at radius 2 is 1.02 bits per heavy atom. The van der Waals surface area contributed by atoms with E-state index in [4.69, 9.17) is 11.6 Å². The molecule has 6 aromatic carbocycles. The number of fused-ring (bicyclic) bond motifs is 8. The number of allylic oxidation sites excluding steroid dienone is 1. The molecule has 0 amide bonds. The number of hydrogen-bond donors (Lipinski definition) is 0. The molecule has 0 fully saturated rings. The molecule has 1 spiro atoms. The van der Waals surface area contributed by atoms with Crippen molar-refractivity contribution >= 4 is 69.4 Å². The molecule has 10 rings (SSSR count). The highest BCUT2D eigenvalue weighted by Crippen LogP contribution is 2.66. The fourth-order valence-electron chi connectivity index (χ4n) is 9.81. The van der Waals surface area contributed by atoms with Crippen LogP contribution in [0.4, 0.5) is 28.4 Å². The van der Waals surface area contributed by atoms with Gasteiger partial charge < -0.3 is 9.80 Å². The van der Waals surface area contributed by atoms with Gasteiger partial charge in [-0.05, 0) is 113 Å². The molecular formula is C52H50BClN2S. The zero-order chi connectivity index (χ0) is 39.8. The van der Waals surface area contributed by atoms with Gasteiger partial charge in [0.2, 0.25) is 0 Å². The van der Waals surface area contributed by atoms with Crippen molar-refractivity contribution in [2.24, 2.45) is 0 Å². The zero-order valence-electron chi connectivity index (χ0n) is 34.6. The lowest BCUT2D eigenvalue weighted by molar-refractivity contribution is 0.590. The summed E-state index contributed by atoms with van der Waals surface area (Å²) in [5.41, 5.74) is 19.5. The van der Waals surface area contributed by atoms with Gasteiger partial charge in [0.1, 0.15) is 0 Å². The van der Waals surface area contributed by atoms with Crippen LogP contribution in [0.3, 0.4) is 0 Å². The molecule has 0 saturated heterocycles. The zero-order valence-corrected chi connectivity index (χ0v) is 36.2. The van der Waals surface area contributed by atoms with E-state index in [-0.39, 0.29) is 27.7 Å². The molecule has 0 aromatic heterocycles. The summed E-state index contributed by atoms with van der Waals surface area (Å²) >= 11 is 9.45. The summed E-state index contributed by atoms with van der Waals surface area (Å²) in [7, 11) is 0. The molecule has 4 aliphatic rings. The lowest BCUT2D eigenvalue weighted by Gasteiger charge is -2.44. The van der Waals surface area contributed by atoms with Gasteiger partial charge in [-0.15, -0.1) is 11.8 Å². The van der Waals surface area contributed by atoms with Crippen LogP contribution >= 0.6 is 23.4 Å². The summed E-state index contributed by atoms with van der Waals surface area (Å²) in [5, 5.41) is 0.742. The van der Waals surface area contributed by atoms with Crippen LogP contribution in [0.15, 0.2) is 138 Å². The third kappa shape index (κ3) is 5.54. The van der Waals surface area contributed by atoms with Crippen molar-refractivity contribution in [2.45, 2.75) is 89.7 Å². The SMILES string of the molecule is CC(C)(C)c1ccc(N2C3=C(SC4(C3)c3ccccc3-c3ccccc34)B3c4cc(C(C)(C)C)ccc4N(c4ccc(C(C)(C)C)cc4)c4cc(Cl)cc2c43)cc1. The topological polar surface area (TPSA) is 6.48 Å². The largest absolute Gasteiger partial charge is 0.315 e. The first kappa shape index (κ1) is 36.7. The maximum atomic E-state index is 7.34. The average Bonchev–Trinajstić information content (AvgIpc) is 3.69. The van der Waals surface area contributed by atoms with Crippen molar-refractivity contribution in [2.75, 3.05) is 9.80 Å². The summed E-state index contributed by atoms with van der Waals surface area (Å²) in [6, 6.07) is 48.5. The van der Waals surface area contributed by atoms with E-state index in [2.05, 4.69) is 211 Å². The monoisotopic (exact) mass is 780 g/mol. The third-order valence-corrected chi connectivity index (χ3v) is 14.7. The van der Waals surface area contributed by atoms with Crippen molar-refractivity contribution in [3.8, 4) is 11.1 Å². The van der Waals surface area contributed by atoms with E-state index in [0.29, 0.717) is 0 Å². The Bertz CT molecular complexity index is 2610. The van der Waals surface area contributed by atoms with Crippen molar-refractivity contribution in [1.82, 2.24) is 0 Å². The van der Waals surface area contributed by atoms with Crippen molar-refractivity contribution in [3.63, 3.8) is 0 Å². The second-order valence-corrected chi connectivity index (χ2v) is 21.4. The highest BCUT2D eigenvalue weighted by atomic mass is 35.5. The second kappa shape index (κ2) is 12.4. The Morgan fingerprint density at radius 1 is 0.544 bits per heavy atom. The minimum atomic E-state index is -0.255. The predicted molar refractivity (Wildman–Crippen MR) is 248 cm³/mol. The number of rotatable bonds is 2. The Balaban J connectivity index is 1.27. The molecule has 5 heteroatoms. The van der Waals surface area contributed by atoms with Gasteiger partial charge >= 0.3 is 0 Å². The maximum absolute atomic E-state index is 7.34. The fourth-order valence-corrected chi connectivity index (χ4v) is 11.8. The summed E-state index contributed by atoms with van der Waals surface area (Å²) in [6.07, 6.45) is 0.881. The number of hydrogen-bond acceptors (Lipinski definition) is 3. The molecule has 3 heterocycles. The van der Waals surface area contributed by atoms with Gasteiger partial charge in [-0.3, -0.25) is 0 Å². The Hall–Kier alpha value is -4.64. The number of benzene rings is 6. The molecular weight excluding hydrogens is 731 g/mol. The lowest BCUT2D eigenvalue weighted by atomic mass is 9.36. The minimum Gasteiger partial charge on any atom is -0.315 e. The molecule has 6 aromatic rings. The standard InChI is InChI=1S/C52H50BClN2S/c1-49(2,3)32-18-23-36(24-19-32)55-43-27-22-34(51(7,8)9)28-42(43)53-47-44(55)29-35(54)30-45(47)56(37-25-20-33(21-26-37)50(4,5)6)46-31-52(57-48(46)53)40-16-12-10-14-38(40)39-15-11-13-17-41(39)52/h10-30H,31H2,1-9H3. The number of halogens is 1. The summed E-state index contributed by atoms with van der Waals surface area (Å²) < 4.78 is -0.255. The normalized spacial score (nSPS) is 16.4. The first-order valence-electron chi connectivity index (χ1n) is 20.5. The first-order chi connectivity index (χ1) is 27.0. The second-order valence-electron chi connectivity index (χ2n) is 19.6. The quantitative estimate of drug-likeness (QED) is 0.162. The highest BCUT2D eigenvalue weighted by molar-refractivity contribution is 8.06. The van der Waals surface area contributed by atoms with Gasteiger partial charge in [-0.2, -0.15) is 0 Å². The smallest absolute Gasteiger partial charge is 0.259 e. The van der Waals surface area contributed by atoms with Crippen LogP contribution in [0.5, 0.6) is 0 Å². The minimum absolute atomic E-state index is 0.0165. The van der Waals surface area contributed by atoms with Crippen LogP contribution < -0.4 is 20.7 Å². The number of thioether (sulfide) groups is 1. The molecule has 57 heavy (non-hydrogen) atoms. The Labute approximate surface area is 349 Å². The van der Waals surface area contributed by atoms with Gasteiger partial charge in [0.25, 0.3) is 6.71 Å². The average molecular weight is 781 g/mol. The Morgan fingerprint density at radius 3 is 1.54 bits per heavy atom. The van der Waals surface area contributed by atoms with E-state index >= 15 is 0 Å². The fraction of sp³-hybridized carbons (Fsp3) is 0.269. The summed E-state index contributed by atoms with van der Waals surface area (Å²) in [6.45, 7) is 20.8. The molecule has 2 nitrogen and oxygen atoms in total. The molecule has 0 N–H and O–H groups in total. The van der Waals surface area contributed by atoms with Crippen LogP contribution in [-0.4, -0.2) is 6.71 Å². The van der Waals surface area contributed by atoms with E-state index in [9.17, 15) is 0 Å². The van der Waals surface area contributed by atoms with Gasteiger partial charge in [-0.1, -0.05) is 159 Å². The van der Waals surface area contributed by atoms with Crippen LogP contribution in [-0.2, 0) is 21.0 Å². The van der Waals surface area contributed by atoms with E-state index < -0.39 is 0 Å². The molecule has 0 atom stereocenters. The highest BCUT2D eigenvalue weighted by Gasteiger charge is 2.56. The molecule has 284 valence electrons. The van der Waals surface area contributed by atoms with Gasteiger partial charge in [0.05, 0.1) is 4.75 Å². The van der Waals surface area contributed by atoms with Crippen LogP contribution in [0.2, 0.25) is 5.02 Å². The van der Waals surface area contributed by atoms with E-state index in [0.717, 1.165) is 22.8 Å². The van der Waals surface area contributed by atoms with Crippen molar-refractivity contribution in [3.05, 3.63) is 171 Å². The summed E-state index contributed by atoms with van der Waals surface area (Å²) in [5.74, 6) is 0. The van der Waals surface area contributed by atoms with Crippen molar-refractivity contribution < 1.29 is 0 Å². The van der Waals surface area contributed by atoms with Crippen LogP contribution in [0, 0.1) is 0 Å². The van der Waals surface area contributed by atoms with Gasteiger partial charge in [0, 0.05) is 45.6 Å². The van der Waals surface area contributed by atoms with Crippen LogP contribution in [0.25, 0.3) is 11.1 Å². The number of nitrogens with zero attached hydrogens (tertiary/aromatic N) is 2. The molecule has 1 aliphatic carbocycles. The van der Waals surface area contributed by atoms with Crippen LogP contribution in [0.1, 0.15) is 96.6 Å². The van der Waals surface area contributed by atoms with Gasteiger partial charge in [0.15, 0.2) is 0 Å². The summed E-state index contributed by atoms with van der Waals surface area (Å²) in [4.78, 5) is 6.50. The van der Waals surface area contributed by atoms with E-state index in [1.165, 1.54) is 77.4 Å². The number of anilines is 5. The molecule has 3 aliphatic heterocycles. The molecule has 0 radical (unpaired) electrons. The first-order valence-corrected chi connectivity index (χ1v) is 21.6. The maximum Gasteiger partial charge on any atom is 0.259 e. The van der Waals surface area contributed by atoms with E-state index in [1.807, 2.05) is 0 Å². The van der Waals surface area contributed by atoms with Gasteiger partial charge in [-0.25, -0.2) is 0 Å². The molecule has 0 saturated carbocycles. The molecule has 0 bridgehead atoms. The van der Waals surface area contributed by atoms with E-state index in [1.54, 1.807) is 0 Å².